The number of nitrogens with zero attached hydrogens (tertiary/aromatic N) is 1. The quantitative estimate of drug-likeness (QED) is 0.426. The molecule has 0 aliphatic carbocycles. The molecule has 0 bridgehead atoms. The number of carbonyl (C=O) groups excluding carboxylic acids is 1. The van der Waals surface area contributed by atoms with E-state index in [0.717, 1.165) is 38.5 Å². The second kappa shape index (κ2) is 4.52. The molecule has 0 amide bonds. The lowest BCUT2D eigenvalue weighted by atomic mass is 9.94. The Morgan fingerprint density at radius 1 is 1.45 bits per heavy atom. The van der Waals surface area contributed by atoms with Crippen molar-refractivity contribution < 1.29 is 9.90 Å². The summed E-state index contributed by atoms with van der Waals surface area (Å²) in [6.45, 7) is 1.82. The molecule has 0 aromatic heterocycles. The fourth-order valence-corrected chi connectivity index (χ4v) is 1.43. The third-order valence-electron chi connectivity index (χ3n) is 2.12. The number of carbonyl (C=O) groups is 1. The molecule has 1 saturated heterocycles. The molecule has 0 saturated carbocycles. The van der Waals surface area contributed by atoms with Crippen LogP contribution in [0, 0.1) is 0 Å². The first kappa shape index (κ1) is 8.75. The molecular formula is C7H14BNO2. The van der Waals surface area contributed by atoms with Crippen LogP contribution >= 0.6 is 0 Å². The van der Waals surface area contributed by atoms with Crippen LogP contribution in [0.4, 0.5) is 0 Å². The molecule has 0 unspecified atom stereocenters. The molecule has 1 fully saturated rings. The average Bonchev–Trinajstić information content (AvgIpc) is 2.17. The Kier molecular flexibility index (Phi) is 3.59. The first-order valence-corrected chi connectivity index (χ1v) is 4.17. The van der Waals surface area contributed by atoms with Crippen molar-refractivity contribution in [2.75, 3.05) is 13.1 Å². The average molecular weight is 155 g/mol. The van der Waals surface area contributed by atoms with Crippen LogP contribution in [0.15, 0.2) is 0 Å². The molecule has 0 spiro atoms. The van der Waals surface area contributed by atoms with Crippen molar-refractivity contribution in [2.45, 2.75) is 25.4 Å². The van der Waals surface area contributed by atoms with E-state index in [9.17, 15) is 9.90 Å². The highest BCUT2D eigenvalue weighted by atomic mass is 16.3. The van der Waals surface area contributed by atoms with Crippen molar-refractivity contribution in [1.29, 1.82) is 0 Å². The van der Waals surface area contributed by atoms with Crippen LogP contribution in [0.25, 0.3) is 0 Å². The van der Waals surface area contributed by atoms with Crippen LogP contribution in [-0.4, -0.2) is 42.7 Å². The summed E-state index contributed by atoms with van der Waals surface area (Å²) in [7, 11) is 0.521. The Hall–Kier alpha value is -0.345. The van der Waals surface area contributed by atoms with E-state index in [4.69, 9.17) is 0 Å². The number of aliphatic hydroxyl groups is 1. The van der Waals surface area contributed by atoms with Crippen LogP contribution in [0.5, 0.6) is 0 Å². The summed E-state index contributed by atoms with van der Waals surface area (Å²) in [5.74, 6) is 0. The second-order valence-corrected chi connectivity index (χ2v) is 3.05. The molecule has 62 valence electrons. The molecule has 0 aromatic carbocycles. The predicted molar refractivity (Wildman–Crippen MR) is 45.3 cm³/mol. The highest BCUT2D eigenvalue weighted by Gasteiger charge is 2.14. The van der Waals surface area contributed by atoms with E-state index in [-0.39, 0.29) is 6.10 Å². The molecule has 1 aliphatic heterocycles. The lowest BCUT2D eigenvalue weighted by molar-refractivity contribution is 0.159. The zero-order valence-corrected chi connectivity index (χ0v) is 6.70. The fourth-order valence-electron chi connectivity index (χ4n) is 1.43. The Morgan fingerprint density at radius 2 is 2.27 bits per heavy atom. The van der Waals surface area contributed by atoms with Gasteiger partial charge < -0.3 is 14.7 Å². The first-order valence-electron chi connectivity index (χ1n) is 4.17. The van der Waals surface area contributed by atoms with E-state index in [0.29, 0.717) is 7.41 Å². The topological polar surface area (TPSA) is 40.5 Å². The van der Waals surface area contributed by atoms with Gasteiger partial charge in [-0.25, -0.2) is 0 Å². The molecule has 4 heteroatoms. The minimum atomic E-state index is -0.147. The van der Waals surface area contributed by atoms with Gasteiger partial charge in [-0.1, -0.05) is 0 Å². The zero-order chi connectivity index (χ0) is 8.10. The minimum absolute atomic E-state index is 0.147. The molecule has 0 aromatic rings. The van der Waals surface area contributed by atoms with Gasteiger partial charge in [0.2, 0.25) is 0 Å². The standard InChI is InChI=1S/C7H14BNO2/c10-6-8-9-4-1-2-7(11)3-5-9/h6-8,11H,1-5H2/t7-/m0/s1. The zero-order valence-electron chi connectivity index (χ0n) is 6.70. The number of hydrogen-bond donors (Lipinski definition) is 1. The third kappa shape index (κ3) is 3.03. The highest BCUT2D eigenvalue weighted by molar-refractivity contribution is 6.64. The van der Waals surface area contributed by atoms with Crippen LogP contribution in [0.1, 0.15) is 19.3 Å². The van der Waals surface area contributed by atoms with Crippen LogP contribution in [-0.2, 0) is 4.79 Å². The van der Waals surface area contributed by atoms with Crippen molar-refractivity contribution >= 4 is 13.6 Å². The summed E-state index contributed by atoms with van der Waals surface area (Å²) in [6, 6.07) is 0. The molecule has 1 atom stereocenters. The molecule has 1 N–H and O–H groups in total. The lowest BCUT2D eigenvalue weighted by Crippen LogP contribution is -2.30. The van der Waals surface area contributed by atoms with Crippen LogP contribution < -0.4 is 0 Å². The first-order chi connectivity index (χ1) is 5.33. The van der Waals surface area contributed by atoms with Crippen molar-refractivity contribution in [3.05, 3.63) is 0 Å². The Bertz CT molecular complexity index is 132. The van der Waals surface area contributed by atoms with Crippen molar-refractivity contribution in [3.8, 4) is 0 Å². The van der Waals surface area contributed by atoms with Gasteiger partial charge in [0, 0.05) is 0 Å². The van der Waals surface area contributed by atoms with Crippen LogP contribution in [0.3, 0.4) is 0 Å². The predicted octanol–water partition coefficient (Wildman–Crippen LogP) is -0.625. The molecule has 3 nitrogen and oxygen atoms in total. The molecule has 1 heterocycles. The van der Waals surface area contributed by atoms with E-state index < -0.39 is 0 Å². The number of rotatable bonds is 2. The SMILES string of the molecule is O=CBN1CCC[C@H](O)CC1. The van der Waals surface area contributed by atoms with E-state index >= 15 is 0 Å². The summed E-state index contributed by atoms with van der Waals surface area (Å²) in [6.07, 6.45) is 3.49. The van der Waals surface area contributed by atoms with Gasteiger partial charge >= 0.3 is 0 Å². The monoisotopic (exact) mass is 155 g/mol. The lowest BCUT2D eigenvalue weighted by Gasteiger charge is -2.14. The third-order valence-corrected chi connectivity index (χ3v) is 2.12. The highest BCUT2D eigenvalue weighted by Crippen LogP contribution is 2.08. The molecule has 11 heavy (non-hydrogen) atoms. The minimum Gasteiger partial charge on any atom is -0.393 e. The van der Waals surface area contributed by atoms with E-state index in [2.05, 4.69) is 4.81 Å². The number of aliphatic hydroxyl groups excluding tert-OH is 1. The summed E-state index contributed by atoms with van der Waals surface area (Å²) in [5, 5.41) is 9.26. The summed E-state index contributed by atoms with van der Waals surface area (Å²) < 4.78 is 0. The smallest absolute Gasteiger partial charge is 0.281 e. The Morgan fingerprint density at radius 3 is 3.00 bits per heavy atom. The van der Waals surface area contributed by atoms with E-state index in [1.165, 1.54) is 0 Å². The van der Waals surface area contributed by atoms with Gasteiger partial charge in [0.25, 0.3) is 7.41 Å². The van der Waals surface area contributed by atoms with Crippen molar-refractivity contribution in [2.24, 2.45) is 0 Å². The second-order valence-electron chi connectivity index (χ2n) is 3.05. The summed E-state index contributed by atoms with van der Waals surface area (Å²) >= 11 is 0. The molecule has 1 rings (SSSR count). The van der Waals surface area contributed by atoms with Gasteiger partial charge in [-0.3, -0.25) is 0 Å². The van der Waals surface area contributed by atoms with Crippen molar-refractivity contribution in [3.63, 3.8) is 0 Å². The Labute approximate surface area is 67.6 Å². The fraction of sp³-hybridized carbons (Fsp3) is 0.857. The Balaban J connectivity index is 2.27. The van der Waals surface area contributed by atoms with Gasteiger partial charge in [0.1, 0.15) is 0 Å². The summed E-state index contributed by atoms with van der Waals surface area (Å²) in [4.78, 5) is 12.2. The van der Waals surface area contributed by atoms with Crippen LogP contribution in [0.2, 0.25) is 0 Å². The largest absolute Gasteiger partial charge is 0.393 e. The normalized spacial score (nSPS) is 27.5. The maximum absolute atomic E-state index is 10.2. The van der Waals surface area contributed by atoms with Gasteiger partial charge in [0.15, 0.2) is 0 Å². The molecular weight excluding hydrogens is 141 g/mol. The van der Waals surface area contributed by atoms with E-state index in [1.54, 1.807) is 0 Å². The van der Waals surface area contributed by atoms with Gasteiger partial charge in [-0.15, -0.1) is 0 Å². The van der Waals surface area contributed by atoms with Gasteiger partial charge in [0.05, 0.1) is 12.3 Å². The van der Waals surface area contributed by atoms with E-state index in [1.807, 2.05) is 0 Å². The van der Waals surface area contributed by atoms with Gasteiger partial charge in [-0.2, -0.15) is 0 Å². The maximum atomic E-state index is 10.2. The molecule has 0 radical (unpaired) electrons. The molecule has 1 aliphatic rings. The maximum Gasteiger partial charge on any atom is 0.281 e. The summed E-state index contributed by atoms with van der Waals surface area (Å²) in [5.41, 5.74) is 0. The van der Waals surface area contributed by atoms with Crippen molar-refractivity contribution in [1.82, 2.24) is 4.81 Å². The van der Waals surface area contributed by atoms with Gasteiger partial charge in [-0.05, 0) is 32.4 Å². The number of hydrogen-bond acceptors (Lipinski definition) is 3.